The van der Waals surface area contributed by atoms with Gasteiger partial charge >= 0.3 is 5.97 Å². The number of benzene rings is 2. The summed E-state index contributed by atoms with van der Waals surface area (Å²) in [6, 6.07) is 17.5. The zero-order valence-corrected chi connectivity index (χ0v) is 12.6. The molecule has 0 unspecified atom stereocenters. The highest BCUT2D eigenvalue weighted by molar-refractivity contribution is 9.10. The molecule has 3 nitrogen and oxygen atoms in total. The van der Waals surface area contributed by atoms with Crippen LogP contribution in [0.2, 0.25) is 0 Å². The van der Waals surface area contributed by atoms with Crippen LogP contribution in [-0.2, 0) is 16.1 Å². The number of hydrogen-bond acceptors (Lipinski definition) is 3. The summed E-state index contributed by atoms with van der Waals surface area (Å²) in [5, 5.41) is 3.17. The third-order valence-corrected chi connectivity index (χ3v) is 3.27. The van der Waals surface area contributed by atoms with Crippen molar-refractivity contribution >= 4 is 27.6 Å². The molecule has 0 fully saturated rings. The largest absolute Gasteiger partial charge is 0.461 e. The second-order valence-corrected chi connectivity index (χ2v) is 5.25. The number of para-hydroxylation sites is 1. The highest BCUT2D eigenvalue weighted by Gasteiger charge is 2.03. The minimum Gasteiger partial charge on any atom is -0.461 e. The standard InChI is InChI=1S/C16H16BrNO2/c17-14-8-6-13(7-9-14)12-20-16(19)10-11-18-15-4-2-1-3-5-15/h1-9,18H,10-12H2. The number of rotatable bonds is 6. The van der Waals surface area contributed by atoms with Crippen molar-refractivity contribution in [2.24, 2.45) is 0 Å². The fourth-order valence-electron chi connectivity index (χ4n) is 1.68. The van der Waals surface area contributed by atoms with Crippen LogP contribution in [0.5, 0.6) is 0 Å². The van der Waals surface area contributed by atoms with Crippen LogP contribution in [0.25, 0.3) is 0 Å². The van der Waals surface area contributed by atoms with Gasteiger partial charge in [-0.3, -0.25) is 4.79 Å². The molecule has 20 heavy (non-hydrogen) atoms. The normalized spacial score (nSPS) is 10.1. The monoisotopic (exact) mass is 333 g/mol. The maximum Gasteiger partial charge on any atom is 0.307 e. The van der Waals surface area contributed by atoms with Crippen molar-refractivity contribution in [1.82, 2.24) is 0 Å². The Morgan fingerprint density at radius 2 is 1.75 bits per heavy atom. The summed E-state index contributed by atoms with van der Waals surface area (Å²) in [7, 11) is 0. The SMILES string of the molecule is O=C(CCNc1ccccc1)OCc1ccc(Br)cc1. The molecule has 0 aromatic heterocycles. The Labute approximate surface area is 127 Å². The Balaban J connectivity index is 1.67. The lowest BCUT2D eigenvalue weighted by atomic mass is 10.2. The van der Waals surface area contributed by atoms with Gasteiger partial charge in [0.25, 0.3) is 0 Å². The molecule has 0 radical (unpaired) electrons. The molecular weight excluding hydrogens is 318 g/mol. The molecule has 1 N–H and O–H groups in total. The molecule has 104 valence electrons. The van der Waals surface area contributed by atoms with E-state index in [-0.39, 0.29) is 5.97 Å². The maximum absolute atomic E-state index is 11.6. The van der Waals surface area contributed by atoms with Crippen molar-refractivity contribution in [2.75, 3.05) is 11.9 Å². The van der Waals surface area contributed by atoms with Gasteiger partial charge in [0.1, 0.15) is 6.61 Å². The van der Waals surface area contributed by atoms with E-state index >= 15 is 0 Å². The van der Waals surface area contributed by atoms with E-state index < -0.39 is 0 Å². The Morgan fingerprint density at radius 1 is 1.05 bits per heavy atom. The van der Waals surface area contributed by atoms with Crippen LogP contribution in [0.3, 0.4) is 0 Å². The van der Waals surface area contributed by atoms with Crippen molar-refractivity contribution in [3.05, 3.63) is 64.6 Å². The highest BCUT2D eigenvalue weighted by atomic mass is 79.9. The van der Waals surface area contributed by atoms with E-state index in [1.807, 2.05) is 54.6 Å². The molecule has 2 aromatic carbocycles. The number of nitrogens with one attached hydrogen (secondary N) is 1. The molecule has 4 heteroatoms. The summed E-state index contributed by atoms with van der Waals surface area (Å²) >= 11 is 3.37. The Kier molecular flexibility index (Phi) is 5.62. The Bertz CT molecular complexity index is 540. The summed E-state index contributed by atoms with van der Waals surface area (Å²) < 4.78 is 6.23. The first-order valence-electron chi connectivity index (χ1n) is 6.43. The van der Waals surface area contributed by atoms with Gasteiger partial charge in [0.05, 0.1) is 6.42 Å². The van der Waals surface area contributed by atoms with Crippen molar-refractivity contribution in [2.45, 2.75) is 13.0 Å². The van der Waals surface area contributed by atoms with Gasteiger partial charge in [-0.1, -0.05) is 46.3 Å². The predicted molar refractivity (Wildman–Crippen MR) is 83.5 cm³/mol. The van der Waals surface area contributed by atoms with Crippen LogP contribution < -0.4 is 5.32 Å². The first-order chi connectivity index (χ1) is 9.74. The molecule has 0 heterocycles. The topological polar surface area (TPSA) is 38.3 Å². The van der Waals surface area contributed by atoms with Gasteiger partial charge in [-0.05, 0) is 29.8 Å². The summed E-state index contributed by atoms with van der Waals surface area (Å²) in [6.45, 7) is 0.890. The number of carbonyl (C=O) groups is 1. The quantitative estimate of drug-likeness (QED) is 0.812. The molecule has 0 atom stereocenters. The number of anilines is 1. The van der Waals surface area contributed by atoms with Crippen LogP contribution in [0.1, 0.15) is 12.0 Å². The number of ether oxygens (including phenoxy) is 1. The van der Waals surface area contributed by atoms with E-state index in [0.29, 0.717) is 19.6 Å². The molecule has 0 spiro atoms. The highest BCUT2D eigenvalue weighted by Crippen LogP contribution is 2.11. The number of esters is 1. The fourth-order valence-corrected chi connectivity index (χ4v) is 1.95. The lowest BCUT2D eigenvalue weighted by Crippen LogP contribution is -2.11. The first kappa shape index (κ1) is 14.6. The third-order valence-electron chi connectivity index (χ3n) is 2.75. The average molecular weight is 334 g/mol. The maximum atomic E-state index is 11.6. The molecule has 0 saturated carbocycles. The van der Waals surface area contributed by atoms with Crippen LogP contribution in [0, 0.1) is 0 Å². The lowest BCUT2D eigenvalue weighted by molar-refractivity contribution is -0.144. The van der Waals surface area contributed by atoms with Gasteiger partial charge in [-0.2, -0.15) is 0 Å². The van der Waals surface area contributed by atoms with E-state index in [1.54, 1.807) is 0 Å². The molecule has 2 aromatic rings. The van der Waals surface area contributed by atoms with E-state index in [1.165, 1.54) is 0 Å². The second-order valence-electron chi connectivity index (χ2n) is 4.33. The van der Waals surface area contributed by atoms with E-state index in [4.69, 9.17) is 4.74 Å². The van der Waals surface area contributed by atoms with Crippen LogP contribution in [0.4, 0.5) is 5.69 Å². The van der Waals surface area contributed by atoms with E-state index in [9.17, 15) is 4.79 Å². The van der Waals surface area contributed by atoms with Gasteiger partial charge in [0, 0.05) is 16.7 Å². The fraction of sp³-hybridized carbons (Fsp3) is 0.188. The first-order valence-corrected chi connectivity index (χ1v) is 7.22. The Hall–Kier alpha value is -1.81. The van der Waals surface area contributed by atoms with E-state index in [0.717, 1.165) is 15.7 Å². The summed E-state index contributed by atoms with van der Waals surface area (Å²) in [4.78, 5) is 11.6. The molecule has 0 saturated heterocycles. The molecule has 0 aliphatic rings. The van der Waals surface area contributed by atoms with Gasteiger partial charge in [-0.25, -0.2) is 0 Å². The van der Waals surface area contributed by atoms with Gasteiger partial charge < -0.3 is 10.1 Å². The zero-order valence-electron chi connectivity index (χ0n) is 11.0. The number of carbonyl (C=O) groups excluding carboxylic acids is 1. The van der Waals surface area contributed by atoms with Crippen LogP contribution >= 0.6 is 15.9 Å². The number of halogens is 1. The minimum absolute atomic E-state index is 0.198. The summed E-state index contributed by atoms with van der Waals surface area (Å²) in [5.74, 6) is -0.198. The zero-order chi connectivity index (χ0) is 14.2. The molecule has 0 aliphatic carbocycles. The van der Waals surface area contributed by atoms with Gasteiger partial charge in [-0.15, -0.1) is 0 Å². The van der Waals surface area contributed by atoms with E-state index in [2.05, 4.69) is 21.2 Å². The third kappa shape index (κ3) is 5.05. The summed E-state index contributed by atoms with van der Waals surface area (Å²) in [6.07, 6.45) is 0.353. The Morgan fingerprint density at radius 3 is 2.45 bits per heavy atom. The van der Waals surface area contributed by atoms with Crippen LogP contribution in [0.15, 0.2) is 59.1 Å². The molecule has 0 bridgehead atoms. The molecule has 0 amide bonds. The van der Waals surface area contributed by atoms with Crippen molar-refractivity contribution in [3.63, 3.8) is 0 Å². The predicted octanol–water partition coefficient (Wildman–Crippen LogP) is 3.99. The van der Waals surface area contributed by atoms with Crippen LogP contribution in [-0.4, -0.2) is 12.5 Å². The smallest absolute Gasteiger partial charge is 0.307 e. The average Bonchev–Trinajstić information content (AvgIpc) is 2.48. The van der Waals surface area contributed by atoms with Gasteiger partial charge in [0.2, 0.25) is 0 Å². The molecule has 0 aliphatic heterocycles. The van der Waals surface area contributed by atoms with Crippen molar-refractivity contribution in [3.8, 4) is 0 Å². The minimum atomic E-state index is -0.198. The van der Waals surface area contributed by atoms with Crippen molar-refractivity contribution < 1.29 is 9.53 Å². The molecule has 2 rings (SSSR count). The van der Waals surface area contributed by atoms with Crippen molar-refractivity contribution in [1.29, 1.82) is 0 Å². The van der Waals surface area contributed by atoms with Gasteiger partial charge in [0.15, 0.2) is 0 Å². The molecular formula is C16H16BrNO2. The lowest BCUT2D eigenvalue weighted by Gasteiger charge is -2.07. The summed E-state index contributed by atoms with van der Waals surface area (Å²) in [5.41, 5.74) is 1.99. The second kappa shape index (κ2) is 7.70. The number of hydrogen-bond donors (Lipinski definition) is 1.